The van der Waals surface area contributed by atoms with E-state index in [2.05, 4.69) is 9.97 Å². The second-order valence-electron chi connectivity index (χ2n) is 5.02. The minimum absolute atomic E-state index is 0.0904. The molecule has 0 fully saturated rings. The van der Waals surface area contributed by atoms with Crippen LogP contribution in [0.3, 0.4) is 0 Å². The second-order valence-corrected chi connectivity index (χ2v) is 5.02. The molecular formula is C12H21N3O. The van der Waals surface area contributed by atoms with Gasteiger partial charge in [0.15, 0.2) is 0 Å². The average molecular weight is 223 g/mol. The first-order valence-corrected chi connectivity index (χ1v) is 5.51. The van der Waals surface area contributed by atoms with Gasteiger partial charge in [0.1, 0.15) is 0 Å². The van der Waals surface area contributed by atoms with Gasteiger partial charge in [0.05, 0.1) is 11.4 Å². The second kappa shape index (κ2) is 4.47. The monoisotopic (exact) mass is 223 g/mol. The van der Waals surface area contributed by atoms with Gasteiger partial charge in [-0.3, -0.25) is 9.97 Å². The van der Waals surface area contributed by atoms with Gasteiger partial charge >= 0.3 is 0 Å². The fourth-order valence-electron chi connectivity index (χ4n) is 1.92. The standard InChI is InChI=1S/C12H21N3O/c1-9-10(15-7-6-14-9)12(4,5-8-16)11(2,3)13/h6-7,16H,5,8,13H2,1-4H3. The summed E-state index contributed by atoms with van der Waals surface area (Å²) >= 11 is 0. The molecule has 0 spiro atoms. The molecule has 0 aliphatic carbocycles. The minimum atomic E-state index is -0.462. The number of nitrogens with zero attached hydrogens (tertiary/aromatic N) is 2. The Morgan fingerprint density at radius 1 is 1.25 bits per heavy atom. The lowest BCUT2D eigenvalue weighted by molar-refractivity contribution is 0.185. The first kappa shape index (κ1) is 13.1. The van der Waals surface area contributed by atoms with Crippen LogP contribution < -0.4 is 5.73 Å². The van der Waals surface area contributed by atoms with Gasteiger partial charge in [0.2, 0.25) is 0 Å². The number of aliphatic hydroxyl groups excluding tert-OH is 1. The van der Waals surface area contributed by atoms with Gasteiger partial charge in [-0.1, -0.05) is 6.92 Å². The Balaban J connectivity index is 3.28. The van der Waals surface area contributed by atoms with Crippen LogP contribution in [0, 0.1) is 6.92 Å². The topological polar surface area (TPSA) is 72.0 Å². The molecule has 3 N–H and O–H groups in total. The maximum Gasteiger partial charge on any atom is 0.0693 e. The Bertz CT molecular complexity index is 360. The molecule has 90 valence electrons. The SMILES string of the molecule is Cc1nccnc1C(C)(CCO)C(C)(C)N. The molecule has 0 aromatic carbocycles. The van der Waals surface area contributed by atoms with E-state index in [0.717, 1.165) is 11.4 Å². The third-order valence-electron chi connectivity index (χ3n) is 3.44. The average Bonchev–Trinajstić information content (AvgIpc) is 2.16. The lowest BCUT2D eigenvalue weighted by Crippen LogP contribution is -2.53. The first-order valence-electron chi connectivity index (χ1n) is 5.51. The predicted octanol–water partition coefficient (Wildman–Crippen LogP) is 1.16. The van der Waals surface area contributed by atoms with E-state index in [1.807, 2.05) is 27.7 Å². The summed E-state index contributed by atoms with van der Waals surface area (Å²) in [7, 11) is 0. The fraction of sp³-hybridized carbons (Fsp3) is 0.667. The van der Waals surface area contributed by atoms with Gasteiger partial charge in [-0.15, -0.1) is 0 Å². The van der Waals surface area contributed by atoms with Crippen molar-refractivity contribution in [1.82, 2.24) is 9.97 Å². The van der Waals surface area contributed by atoms with Gasteiger partial charge in [0.25, 0.3) is 0 Å². The molecule has 1 rings (SSSR count). The van der Waals surface area contributed by atoms with Gasteiger partial charge in [-0.05, 0) is 27.2 Å². The van der Waals surface area contributed by atoms with Crippen molar-refractivity contribution in [3.8, 4) is 0 Å². The van der Waals surface area contributed by atoms with Gasteiger partial charge in [-0.2, -0.15) is 0 Å². The maximum absolute atomic E-state index is 9.21. The number of aryl methyl sites for hydroxylation is 1. The molecule has 16 heavy (non-hydrogen) atoms. The largest absolute Gasteiger partial charge is 0.396 e. The van der Waals surface area contributed by atoms with E-state index in [9.17, 15) is 5.11 Å². The van der Waals surface area contributed by atoms with Crippen molar-refractivity contribution in [2.75, 3.05) is 6.61 Å². The lowest BCUT2D eigenvalue weighted by atomic mass is 9.68. The molecule has 0 radical (unpaired) electrons. The first-order chi connectivity index (χ1) is 7.33. The predicted molar refractivity (Wildman–Crippen MR) is 64.1 cm³/mol. The summed E-state index contributed by atoms with van der Waals surface area (Å²) in [5.74, 6) is 0. The number of aliphatic hydroxyl groups is 1. The van der Waals surface area contributed by atoms with Crippen LogP contribution in [-0.4, -0.2) is 27.2 Å². The lowest BCUT2D eigenvalue weighted by Gasteiger charge is -2.41. The molecule has 1 aromatic rings. The molecule has 1 aromatic heterocycles. The zero-order valence-corrected chi connectivity index (χ0v) is 10.5. The van der Waals surface area contributed by atoms with Crippen molar-refractivity contribution >= 4 is 0 Å². The summed E-state index contributed by atoms with van der Waals surface area (Å²) in [6.45, 7) is 7.95. The maximum atomic E-state index is 9.21. The van der Waals surface area contributed by atoms with Gasteiger partial charge in [-0.25, -0.2) is 0 Å². The van der Waals surface area contributed by atoms with Crippen molar-refractivity contribution in [2.24, 2.45) is 5.73 Å². The van der Waals surface area contributed by atoms with Gasteiger partial charge < -0.3 is 10.8 Å². The summed E-state index contributed by atoms with van der Waals surface area (Å²) in [6, 6.07) is 0. The number of aromatic nitrogens is 2. The summed E-state index contributed by atoms with van der Waals surface area (Å²) in [4.78, 5) is 8.62. The molecule has 1 unspecified atom stereocenters. The molecule has 0 aliphatic heterocycles. The zero-order chi connectivity index (χ0) is 12.4. The highest BCUT2D eigenvalue weighted by atomic mass is 16.3. The number of hydrogen-bond donors (Lipinski definition) is 2. The molecule has 0 saturated carbocycles. The summed E-state index contributed by atoms with van der Waals surface area (Å²) in [5.41, 5.74) is 7.13. The van der Waals surface area contributed by atoms with E-state index in [1.165, 1.54) is 0 Å². The summed E-state index contributed by atoms with van der Waals surface area (Å²) in [6.07, 6.45) is 3.92. The highest BCUT2D eigenvalue weighted by Crippen LogP contribution is 2.36. The van der Waals surface area contributed by atoms with Crippen LogP contribution in [0.4, 0.5) is 0 Å². The Hall–Kier alpha value is -1.00. The molecule has 1 heterocycles. The Labute approximate surface area is 96.9 Å². The van der Waals surface area contributed by atoms with Gasteiger partial charge in [0, 0.05) is 30.0 Å². The minimum Gasteiger partial charge on any atom is -0.396 e. The molecule has 0 aliphatic rings. The number of rotatable bonds is 4. The third kappa shape index (κ3) is 2.23. The van der Waals surface area contributed by atoms with E-state index in [4.69, 9.17) is 5.73 Å². The van der Waals surface area contributed by atoms with Crippen molar-refractivity contribution < 1.29 is 5.11 Å². The van der Waals surface area contributed by atoms with E-state index >= 15 is 0 Å². The van der Waals surface area contributed by atoms with Crippen LogP contribution in [0.5, 0.6) is 0 Å². The highest BCUT2D eigenvalue weighted by molar-refractivity contribution is 5.25. The number of hydrogen-bond acceptors (Lipinski definition) is 4. The van der Waals surface area contributed by atoms with E-state index in [1.54, 1.807) is 12.4 Å². The number of nitrogens with two attached hydrogens (primary N) is 1. The molecule has 0 saturated heterocycles. The normalized spacial score (nSPS) is 15.9. The van der Waals surface area contributed by atoms with Crippen molar-refractivity contribution in [3.63, 3.8) is 0 Å². The highest BCUT2D eigenvalue weighted by Gasteiger charge is 2.41. The van der Waals surface area contributed by atoms with Crippen LogP contribution in [0.25, 0.3) is 0 Å². The van der Waals surface area contributed by atoms with E-state index in [0.29, 0.717) is 6.42 Å². The molecule has 1 atom stereocenters. The third-order valence-corrected chi connectivity index (χ3v) is 3.44. The Morgan fingerprint density at radius 2 is 1.81 bits per heavy atom. The smallest absolute Gasteiger partial charge is 0.0693 e. The molecular weight excluding hydrogens is 202 g/mol. The Morgan fingerprint density at radius 3 is 2.25 bits per heavy atom. The molecule has 0 bridgehead atoms. The summed E-state index contributed by atoms with van der Waals surface area (Å²) < 4.78 is 0. The molecule has 4 heteroatoms. The van der Waals surface area contributed by atoms with Crippen molar-refractivity contribution in [2.45, 2.75) is 45.1 Å². The molecule has 0 amide bonds. The quantitative estimate of drug-likeness (QED) is 0.803. The summed E-state index contributed by atoms with van der Waals surface area (Å²) in [5, 5.41) is 9.21. The van der Waals surface area contributed by atoms with Crippen LogP contribution in [0.15, 0.2) is 12.4 Å². The molecule has 4 nitrogen and oxygen atoms in total. The zero-order valence-electron chi connectivity index (χ0n) is 10.5. The van der Waals surface area contributed by atoms with Crippen molar-refractivity contribution in [3.05, 3.63) is 23.8 Å². The van der Waals surface area contributed by atoms with Crippen LogP contribution in [0.1, 0.15) is 38.6 Å². The van der Waals surface area contributed by atoms with Crippen LogP contribution in [0.2, 0.25) is 0 Å². The van der Waals surface area contributed by atoms with Crippen molar-refractivity contribution in [1.29, 1.82) is 0 Å². The van der Waals surface area contributed by atoms with Crippen LogP contribution in [-0.2, 0) is 5.41 Å². The Kier molecular flexibility index (Phi) is 3.65. The van der Waals surface area contributed by atoms with E-state index < -0.39 is 5.54 Å². The van der Waals surface area contributed by atoms with Crippen LogP contribution >= 0.6 is 0 Å². The van der Waals surface area contributed by atoms with E-state index in [-0.39, 0.29) is 12.0 Å². The fourth-order valence-corrected chi connectivity index (χ4v) is 1.92.